The van der Waals surface area contributed by atoms with Gasteiger partial charge in [0.2, 0.25) is 0 Å². The molecule has 2 rings (SSSR count). The number of hydrogen-bond acceptors (Lipinski definition) is 3. The highest BCUT2D eigenvalue weighted by Crippen LogP contribution is 2.22. The van der Waals surface area contributed by atoms with Crippen LogP contribution in [0.1, 0.15) is 11.1 Å². The lowest BCUT2D eigenvalue weighted by Crippen LogP contribution is -2.17. The Morgan fingerprint density at radius 1 is 1.10 bits per heavy atom. The predicted octanol–water partition coefficient (Wildman–Crippen LogP) is 3.67. The Hall–Kier alpha value is -1.52. The molecule has 0 aromatic heterocycles. The summed E-state index contributed by atoms with van der Waals surface area (Å²) in [5.74, 6) is 0.887. The summed E-state index contributed by atoms with van der Waals surface area (Å²) in [5, 5.41) is 0. The summed E-state index contributed by atoms with van der Waals surface area (Å²) in [6.07, 6.45) is 0. The molecule has 106 valence electrons. The third-order valence-corrected chi connectivity index (χ3v) is 3.87. The van der Waals surface area contributed by atoms with E-state index in [9.17, 15) is 0 Å². The fourth-order valence-corrected chi connectivity index (χ4v) is 2.60. The SMILES string of the molecule is COc1ccc(CN(C)Cc2ccc(N)cc2Br)cc1. The van der Waals surface area contributed by atoms with E-state index in [2.05, 4.69) is 46.1 Å². The molecule has 0 fully saturated rings. The summed E-state index contributed by atoms with van der Waals surface area (Å²) in [7, 11) is 3.78. The number of nitrogens with zero attached hydrogens (tertiary/aromatic N) is 1. The van der Waals surface area contributed by atoms with E-state index in [0.717, 1.165) is 29.0 Å². The summed E-state index contributed by atoms with van der Waals surface area (Å²) in [5.41, 5.74) is 9.03. The molecule has 0 spiro atoms. The minimum Gasteiger partial charge on any atom is -0.497 e. The molecule has 4 heteroatoms. The van der Waals surface area contributed by atoms with Gasteiger partial charge in [-0.05, 0) is 42.4 Å². The second-order valence-electron chi connectivity index (χ2n) is 4.87. The average molecular weight is 335 g/mol. The topological polar surface area (TPSA) is 38.5 Å². The van der Waals surface area contributed by atoms with Gasteiger partial charge in [-0.3, -0.25) is 4.90 Å². The van der Waals surface area contributed by atoms with Crippen LogP contribution in [-0.4, -0.2) is 19.1 Å². The van der Waals surface area contributed by atoms with Gasteiger partial charge in [0, 0.05) is 23.2 Å². The number of nitrogens with two attached hydrogens (primary N) is 1. The smallest absolute Gasteiger partial charge is 0.118 e. The average Bonchev–Trinajstić information content (AvgIpc) is 2.43. The Kier molecular flexibility index (Phi) is 5.04. The van der Waals surface area contributed by atoms with E-state index in [-0.39, 0.29) is 0 Å². The Bertz CT molecular complexity index is 569. The number of rotatable bonds is 5. The fourth-order valence-electron chi connectivity index (χ4n) is 2.08. The van der Waals surface area contributed by atoms with Crippen LogP contribution in [0.3, 0.4) is 0 Å². The van der Waals surface area contributed by atoms with Gasteiger partial charge in [0.25, 0.3) is 0 Å². The standard InChI is InChI=1S/C16H19BrN2O/c1-19(10-12-3-7-15(20-2)8-4-12)11-13-5-6-14(18)9-16(13)17/h3-9H,10-11,18H2,1-2H3. The van der Waals surface area contributed by atoms with Gasteiger partial charge in [0.1, 0.15) is 5.75 Å². The molecule has 0 atom stereocenters. The van der Waals surface area contributed by atoms with E-state index in [1.165, 1.54) is 11.1 Å². The second kappa shape index (κ2) is 6.77. The van der Waals surface area contributed by atoms with Gasteiger partial charge in [-0.1, -0.05) is 34.1 Å². The molecule has 0 bridgehead atoms. The zero-order chi connectivity index (χ0) is 14.5. The van der Waals surface area contributed by atoms with Crippen molar-refractivity contribution in [1.82, 2.24) is 4.90 Å². The van der Waals surface area contributed by atoms with Gasteiger partial charge in [-0.15, -0.1) is 0 Å². The van der Waals surface area contributed by atoms with E-state index < -0.39 is 0 Å². The van der Waals surface area contributed by atoms with E-state index >= 15 is 0 Å². The molecule has 3 nitrogen and oxygen atoms in total. The summed E-state index contributed by atoms with van der Waals surface area (Å²) >= 11 is 3.56. The van der Waals surface area contributed by atoms with Gasteiger partial charge in [0.15, 0.2) is 0 Å². The molecule has 0 saturated heterocycles. The highest BCUT2D eigenvalue weighted by Gasteiger charge is 2.05. The first-order valence-electron chi connectivity index (χ1n) is 6.44. The lowest BCUT2D eigenvalue weighted by atomic mass is 10.1. The van der Waals surface area contributed by atoms with Crippen LogP contribution in [0, 0.1) is 0 Å². The molecule has 0 amide bonds. The highest BCUT2D eigenvalue weighted by atomic mass is 79.9. The zero-order valence-electron chi connectivity index (χ0n) is 11.8. The van der Waals surface area contributed by atoms with E-state index in [1.807, 2.05) is 24.3 Å². The van der Waals surface area contributed by atoms with Gasteiger partial charge in [-0.25, -0.2) is 0 Å². The summed E-state index contributed by atoms with van der Waals surface area (Å²) < 4.78 is 6.22. The van der Waals surface area contributed by atoms with Crippen LogP contribution in [0.4, 0.5) is 5.69 Å². The molecule has 0 radical (unpaired) electrons. The number of methoxy groups -OCH3 is 1. The third kappa shape index (κ3) is 3.99. The normalized spacial score (nSPS) is 10.8. The Morgan fingerprint density at radius 2 is 1.80 bits per heavy atom. The summed E-state index contributed by atoms with van der Waals surface area (Å²) in [6, 6.07) is 14.1. The first-order valence-corrected chi connectivity index (χ1v) is 7.23. The largest absolute Gasteiger partial charge is 0.497 e. The maximum atomic E-state index is 5.75. The Balaban J connectivity index is 1.99. The Morgan fingerprint density at radius 3 is 2.40 bits per heavy atom. The number of anilines is 1. The van der Waals surface area contributed by atoms with Crippen molar-refractivity contribution in [2.45, 2.75) is 13.1 Å². The van der Waals surface area contributed by atoms with Crippen LogP contribution in [0.15, 0.2) is 46.9 Å². The third-order valence-electron chi connectivity index (χ3n) is 3.13. The van der Waals surface area contributed by atoms with Gasteiger partial charge < -0.3 is 10.5 Å². The summed E-state index contributed by atoms with van der Waals surface area (Å²) in [6.45, 7) is 1.76. The zero-order valence-corrected chi connectivity index (χ0v) is 13.4. The van der Waals surface area contributed by atoms with E-state index in [0.29, 0.717) is 0 Å². The van der Waals surface area contributed by atoms with Crippen molar-refractivity contribution in [3.05, 3.63) is 58.1 Å². The molecule has 0 saturated carbocycles. The fraction of sp³-hybridized carbons (Fsp3) is 0.250. The van der Waals surface area contributed by atoms with E-state index in [4.69, 9.17) is 10.5 Å². The van der Waals surface area contributed by atoms with E-state index in [1.54, 1.807) is 7.11 Å². The van der Waals surface area contributed by atoms with Crippen LogP contribution in [0.25, 0.3) is 0 Å². The number of hydrogen-bond donors (Lipinski definition) is 1. The van der Waals surface area contributed by atoms with Crippen molar-refractivity contribution < 1.29 is 4.74 Å². The van der Waals surface area contributed by atoms with Crippen molar-refractivity contribution in [1.29, 1.82) is 0 Å². The van der Waals surface area contributed by atoms with Crippen LogP contribution >= 0.6 is 15.9 Å². The molecule has 2 aromatic carbocycles. The minimum atomic E-state index is 0.776. The predicted molar refractivity (Wildman–Crippen MR) is 86.7 cm³/mol. The summed E-state index contributed by atoms with van der Waals surface area (Å²) in [4.78, 5) is 2.26. The van der Waals surface area contributed by atoms with Crippen molar-refractivity contribution in [2.75, 3.05) is 19.9 Å². The molecule has 20 heavy (non-hydrogen) atoms. The molecule has 0 aliphatic rings. The van der Waals surface area contributed by atoms with Crippen LogP contribution < -0.4 is 10.5 Å². The van der Waals surface area contributed by atoms with Gasteiger partial charge >= 0.3 is 0 Å². The number of nitrogen functional groups attached to an aromatic ring is 1. The van der Waals surface area contributed by atoms with Crippen LogP contribution in [0.5, 0.6) is 5.75 Å². The lowest BCUT2D eigenvalue weighted by molar-refractivity contribution is 0.318. The molecule has 0 heterocycles. The van der Waals surface area contributed by atoms with Crippen LogP contribution in [-0.2, 0) is 13.1 Å². The lowest BCUT2D eigenvalue weighted by Gasteiger charge is -2.18. The first-order chi connectivity index (χ1) is 9.58. The first kappa shape index (κ1) is 14.9. The molecule has 2 aromatic rings. The van der Waals surface area contributed by atoms with Crippen molar-refractivity contribution in [2.24, 2.45) is 0 Å². The van der Waals surface area contributed by atoms with Gasteiger partial charge in [-0.2, -0.15) is 0 Å². The molecule has 0 aliphatic heterocycles. The highest BCUT2D eigenvalue weighted by molar-refractivity contribution is 9.10. The van der Waals surface area contributed by atoms with Crippen molar-refractivity contribution in [3.8, 4) is 5.75 Å². The molecule has 0 aliphatic carbocycles. The van der Waals surface area contributed by atoms with Crippen molar-refractivity contribution in [3.63, 3.8) is 0 Å². The molecular formula is C16H19BrN2O. The molecule has 2 N–H and O–H groups in total. The molecular weight excluding hydrogens is 316 g/mol. The van der Waals surface area contributed by atoms with Crippen molar-refractivity contribution >= 4 is 21.6 Å². The maximum Gasteiger partial charge on any atom is 0.118 e. The number of ether oxygens (including phenoxy) is 1. The number of halogens is 1. The quantitative estimate of drug-likeness (QED) is 0.848. The maximum absolute atomic E-state index is 5.75. The second-order valence-corrected chi connectivity index (χ2v) is 5.73. The monoisotopic (exact) mass is 334 g/mol. The Labute approximate surface area is 128 Å². The van der Waals surface area contributed by atoms with Gasteiger partial charge in [0.05, 0.1) is 7.11 Å². The van der Waals surface area contributed by atoms with Crippen LogP contribution in [0.2, 0.25) is 0 Å². The minimum absolute atomic E-state index is 0.776. The molecule has 0 unspecified atom stereocenters. The number of benzene rings is 2.